The second-order valence-corrected chi connectivity index (χ2v) is 4.34. The Hall–Kier alpha value is -2.44. The Kier molecular flexibility index (Phi) is 4.29. The van der Waals surface area contributed by atoms with Gasteiger partial charge in [0, 0.05) is 12.7 Å². The lowest BCUT2D eigenvalue weighted by atomic mass is 10.2. The Bertz CT molecular complexity index is 577. The van der Waals surface area contributed by atoms with E-state index in [0.29, 0.717) is 17.9 Å². The molecule has 20 heavy (non-hydrogen) atoms. The maximum Gasteiger partial charge on any atom is 0.253 e. The van der Waals surface area contributed by atoms with E-state index < -0.39 is 0 Å². The first kappa shape index (κ1) is 14.0. The fourth-order valence-electron chi connectivity index (χ4n) is 1.92. The van der Waals surface area contributed by atoms with Gasteiger partial charge in [0.1, 0.15) is 18.0 Å². The lowest BCUT2D eigenvalue weighted by Crippen LogP contribution is -2.30. The quantitative estimate of drug-likeness (QED) is 0.852. The number of anilines is 1. The first-order chi connectivity index (χ1) is 9.65. The molecule has 0 saturated heterocycles. The topological polar surface area (TPSA) is 98.7 Å². The summed E-state index contributed by atoms with van der Waals surface area (Å²) in [7, 11) is 0. The van der Waals surface area contributed by atoms with E-state index in [1.807, 2.05) is 13.8 Å². The van der Waals surface area contributed by atoms with Crippen LogP contribution in [0.15, 0.2) is 24.7 Å². The third-order valence-corrected chi connectivity index (χ3v) is 3.02. The first-order valence-electron chi connectivity index (χ1n) is 6.55. The number of hydrogen-bond donors (Lipinski definition) is 2. The normalized spacial score (nSPS) is 12.1. The van der Waals surface area contributed by atoms with Gasteiger partial charge in [-0.2, -0.15) is 5.10 Å². The van der Waals surface area contributed by atoms with E-state index in [4.69, 9.17) is 5.73 Å². The highest BCUT2D eigenvalue weighted by atomic mass is 16.1. The molecule has 2 rings (SSSR count). The van der Waals surface area contributed by atoms with Crippen LogP contribution in [0.4, 0.5) is 5.82 Å². The molecule has 2 aromatic rings. The summed E-state index contributed by atoms with van der Waals surface area (Å²) in [5.41, 5.74) is 5.98. The Labute approximate surface area is 117 Å². The smallest absolute Gasteiger partial charge is 0.253 e. The fraction of sp³-hybridized carbons (Fsp3) is 0.385. The summed E-state index contributed by atoms with van der Waals surface area (Å²) in [6.07, 6.45) is 3.69. The molecule has 0 saturated carbocycles. The van der Waals surface area contributed by atoms with Crippen LogP contribution in [0.25, 0.3) is 0 Å². The van der Waals surface area contributed by atoms with E-state index >= 15 is 0 Å². The van der Waals surface area contributed by atoms with Gasteiger partial charge in [-0.05, 0) is 25.5 Å². The average molecular weight is 274 g/mol. The average Bonchev–Trinajstić information content (AvgIpc) is 2.93. The molecule has 2 aromatic heterocycles. The number of nitrogens with two attached hydrogens (primary N) is 1. The lowest BCUT2D eigenvalue weighted by molar-refractivity contribution is 0.0932. The van der Waals surface area contributed by atoms with Crippen LogP contribution in [0.2, 0.25) is 0 Å². The zero-order chi connectivity index (χ0) is 14.5. The molecule has 7 heteroatoms. The number of nitrogens with one attached hydrogen (secondary N) is 1. The Morgan fingerprint density at radius 1 is 1.40 bits per heavy atom. The van der Waals surface area contributed by atoms with Gasteiger partial charge in [-0.15, -0.1) is 0 Å². The van der Waals surface area contributed by atoms with Crippen LogP contribution in [0.3, 0.4) is 0 Å². The number of rotatable bonds is 5. The zero-order valence-electron chi connectivity index (χ0n) is 11.6. The number of nitrogen functional groups attached to an aromatic ring is 1. The predicted octanol–water partition coefficient (Wildman–Crippen LogP) is 1.16. The van der Waals surface area contributed by atoms with Crippen LogP contribution in [0.1, 0.15) is 42.5 Å². The van der Waals surface area contributed by atoms with Gasteiger partial charge in [-0.3, -0.25) is 4.79 Å². The van der Waals surface area contributed by atoms with Crippen molar-refractivity contribution < 1.29 is 4.79 Å². The van der Waals surface area contributed by atoms with E-state index in [1.54, 1.807) is 16.8 Å². The summed E-state index contributed by atoms with van der Waals surface area (Å²) >= 11 is 0. The largest absolute Gasteiger partial charge is 0.384 e. The molecule has 0 aliphatic heterocycles. The molecule has 0 aromatic carbocycles. The van der Waals surface area contributed by atoms with Crippen molar-refractivity contribution >= 4 is 11.7 Å². The van der Waals surface area contributed by atoms with Crippen LogP contribution >= 0.6 is 0 Å². The number of pyridine rings is 1. The molecule has 2 heterocycles. The summed E-state index contributed by atoms with van der Waals surface area (Å²) in [6, 6.07) is 3.07. The molecule has 1 amide bonds. The third-order valence-electron chi connectivity index (χ3n) is 3.02. The van der Waals surface area contributed by atoms with Gasteiger partial charge < -0.3 is 11.1 Å². The minimum absolute atomic E-state index is 0.178. The molecule has 0 bridgehead atoms. The van der Waals surface area contributed by atoms with Crippen molar-refractivity contribution in [1.82, 2.24) is 25.1 Å². The van der Waals surface area contributed by atoms with E-state index in [-0.39, 0.29) is 11.9 Å². The van der Waals surface area contributed by atoms with Crippen molar-refractivity contribution in [2.75, 3.05) is 5.73 Å². The van der Waals surface area contributed by atoms with E-state index in [9.17, 15) is 4.79 Å². The van der Waals surface area contributed by atoms with Gasteiger partial charge in [0.05, 0.1) is 11.6 Å². The molecule has 3 N–H and O–H groups in total. The minimum atomic E-state index is -0.199. The highest BCUT2D eigenvalue weighted by Crippen LogP contribution is 2.14. The number of carbonyl (C=O) groups excluding carboxylic acids is 1. The van der Waals surface area contributed by atoms with Gasteiger partial charge in [0.2, 0.25) is 0 Å². The van der Waals surface area contributed by atoms with E-state index in [2.05, 4.69) is 20.4 Å². The minimum Gasteiger partial charge on any atom is -0.384 e. The molecule has 0 unspecified atom stereocenters. The van der Waals surface area contributed by atoms with Crippen LogP contribution in [-0.2, 0) is 6.54 Å². The Balaban J connectivity index is 2.14. The summed E-state index contributed by atoms with van der Waals surface area (Å²) < 4.78 is 1.77. The van der Waals surface area contributed by atoms with Crippen LogP contribution < -0.4 is 11.1 Å². The maximum absolute atomic E-state index is 12.2. The molecule has 0 aliphatic rings. The SMILES string of the molecule is CC[C@@H](NC(=O)c1ccc(N)nc1)c1ncnn1CC. The summed E-state index contributed by atoms with van der Waals surface area (Å²) in [5, 5.41) is 7.06. The van der Waals surface area contributed by atoms with Crippen LogP contribution in [0, 0.1) is 0 Å². The van der Waals surface area contributed by atoms with Crippen molar-refractivity contribution in [2.45, 2.75) is 32.9 Å². The maximum atomic E-state index is 12.2. The standard InChI is InChI=1S/C13H18N6O/c1-3-10(12-16-8-17-19(12)4-2)18-13(20)9-5-6-11(14)15-7-9/h5-8,10H,3-4H2,1-2H3,(H2,14,15)(H,18,20)/t10-/m1/s1. The highest BCUT2D eigenvalue weighted by molar-refractivity contribution is 5.94. The van der Waals surface area contributed by atoms with Crippen molar-refractivity contribution in [3.63, 3.8) is 0 Å². The van der Waals surface area contributed by atoms with E-state index in [0.717, 1.165) is 12.2 Å². The van der Waals surface area contributed by atoms with Crippen molar-refractivity contribution in [1.29, 1.82) is 0 Å². The number of amides is 1. The zero-order valence-corrected chi connectivity index (χ0v) is 11.6. The molecule has 0 spiro atoms. The molecule has 7 nitrogen and oxygen atoms in total. The molecule has 0 fully saturated rings. The first-order valence-corrected chi connectivity index (χ1v) is 6.55. The Morgan fingerprint density at radius 2 is 2.20 bits per heavy atom. The second-order valence-electron chi connectivity index (χ2n) is 4.34. The number of hydrogen-bond acceptors (Lipinski definition) is 5. The lowest BCUT2D eigenvalue weighted by Gasteiger charge is -2.16. The van der Waals surface area contributed by atoms with Crippen molar-refractivity contribution in [3.05, 3.63) is 36.0 Å². The highest BCUT2D eigenvalue weighted by Gasteiger charge is 2.18. The number of carbonyl (C=O) groups is 1. The van der Waals surface area contributed by atoms with Gasteiger partial charge in [-0.25, -0.2) is 14.6 Å². The van der Waals surface area contributed by atoms with Gasteiger partial charge in [0.25, 0.3) is 5.91 Å². The third kappa shape index (κ3) is 2.93. The number of aromatic nitrogens is 4. The summed E-state index contributed by atoms with van der Waals surface area (Å²) in [6.45, 7) is 4.68. The monoisotopic (exact) mass is 274 g/mol. The molecule has 0 aliphatic carbocycles. The van der Waals surface area contributed by atoms with E-state index in [1.165, 1.54) is 12.5 Å². The second kappa shape index (κ2) is 6.14. The molecular formula is C13H18N6O. The molecule has 1 atom stereocenters. The molecular weight excluding hydrogens is 256 g/mol. The van der Waals surface area contributed by atoms with Crippen molar-refractivity contribution in [3.8, 4) is 0 Å². The molecule has 0 radical (unpaired) electrons. The predicted molar refractivity (Wildman–Crippen MR) is 74.8 cm³/mol. The number of nitrogens with zero attached hydrogens (tertiary/aromatic N) is 4. The van der Waals surface area contributed by atoms with Crippen LogP contribution in [0.5, 0.6) is 0 Å². The van der Waals surface area contributed by atoms with Crippen molar-refractivity contribution in [2.24, 2.45) is 0 Å². The number of aryl methyl sites for hydroxylation is 1. The summed E-state index contributed by atoms with van der Waals surface area (Å²) in [5.74, 6) is 0.945. The van der Waals surface area contributed by atoms with Crippen LogP contribution in [-0.4, -0.2) is 25.7 Å². The van der Waals surface area contributed by atoms with Gasteiger partial charge in [-0.1, -0.05) is 6.92 Å². The van der Waals surface area contributed by atoms with Gasteiger partial charge in [0.15, 0.2) is 0 Å². The van der Waals surface area contributed by atoms with Gasteiger partial charge >= 0.3 is 0 Å². The fourth-order valence-corrected chi connectivity index (χ4v) is 1.92. The Morgan fingerprint density at radius 3 is 2.80 bits per heavy atom. The molecule has 106 valence electrons. The summed E-state index contributed by atoms with van der Waals surface area (Å²) in [4.78, 5) is 20.3.